The Labute approximate surface area is 83.0 Å². The molecule has 1 aromatic heterocycles. The molecule has 3 N–H and O–H groups in total. The number of fused-ring (bicyclic) bond motifs is 1. The van der Waals surface area contributed by atoms with Crippen LogP contribution in [0, 0.1) is 6.92 Å². The minimum Gasteiger partial charge on any atom is -0.397 e. The lowest BCUT2D eigenvalue weighted by molar-refractivity contribution is 1.36. The third-order valence-electron chi connectivity index (χ3n) is 2.39. The molecule has 0 fully saturated rings. The Balaban J connectivity index is 2.87. The van der Waals surface area contributed by atoms with E-state index in [0.29, 0.717) is 0 Å². The highest BCUT2D eigenvalue weighted by atomic mass is 14.9. The molecule has 0 saturated heterocycles. The minimum absolute atomic E-state index is 0.765. The molecule has 0 aliphatic heterocycles. The summed E-state index contributed by atoms with van der Waals surface area (Å²) in [7, 11) is 1.87. The van der Waals surface area contributed by atoms with Crippen LogP contribution in [0.5, 0.6) is 0 Å². The summed E-state index contributed by atoms with van der Waals surface area (Å²) in [6.45, 7) is 2.04. The molecular formula is C11H13N3. The van der Waals surface area contributed by atoms with Gasteiger partial charge in [-0.3, -0.25) is 4.98 Å². The van der Waals surface area contributed by atoms with Gasteiger partial charge in [-0.25, -0.2) is 0 Å². The van der Waals surface area contributed by atoms with Crippen molar-refractivity contribution in [2.75, 3.05) is 18.1 Å². The molecule has 0 saturated carbocycles. The Morgan fingerprint density at radius 3 is 2.93 bits per heavy atom. The van der Waals surface area contributed by atoms with E-state index in [9.17, 15) is 0 Å². The zero-order valence-corrected chi connectivity index (χ0v) is 8.33. The van der Waals surface area contributed by atoms with Crippen LogP contribution in [0.3, 0.4) is 0 Å². The quantitative estimate of drug-likeness (QED) is 0.673. The van der Waals surface area contributed by atoms with Crippen molar-refractivity contribution in [3.05, 3.63) is 30.0 Å². The molecule has 2 rings (SSSR count). The van der Waals surface area contributed by atoms with E-state index in [-0.39, 0.29) is 0 Å². The summed E-state index contributed by atoms with van der Waals surface area (Å²) in [5.41, 5.74) is 9.84. The molecule has 2 aromatic rings. The number of hydrogen-bond donors (Lipinski definition) is 2. The molecule has 14 heavy (non-hydrogen) atoms. The average molecular weight is 187 g/mol. The first-order valence-corrected chi connectivity index (χ1v) is 4.55. The van der Waals surface area contributed by atoms with Crippen LogP contribution >= 0.6 is 0 Å². The maximum Gasteiger partial charge on any atom is 0.0753 e. The predicted octanol–water partition coefficient (Wildman–Crippen LogP) is 2.17. The van der Waals surface area contributed by atoms with Crippen LogP contribution in [0.25, 0.3) is 10.9 Å². The summed E-state index contributed by atoms with van der Waals surface area (Å²) < 4.78 is 0. The molecule has 1 aromatic carbocycles. The van der Waals surface area contributed by atoms with Gasteiger partial charge in [-0.15, -0.1) is 0 Å². The predicted molar refractivity (Wildman–Crippen MR) is 60.4 cm³/mol. The van der Waals surface area contributed by atoms with Gasteiger partial charge in [0.1, 0.15) is 0 Å². The van der Waals surface area contributed by atoms with E-state index < -0.39 is 0 Å². The van der Waals surface area contributed by atoms with Gasteiger partial charge in [0.2, 0.25) is 0 Å². The number of aromatic nitrogens is 1. The second-order valence-electron chi connectivity index (χ2n) is 3.30. The van der Waals surface area contributed by atoms with E-state index in [0.717, 1.165) is 27.8 Å². The maximum atomic E-state index is 6.00. The number of nitrogen functional groups attached to an aromatic ring is 1. The second-order valence-corrected chi connectivity index (χ2v) is 3.30. The number of nitrogens with two attached hydrogens (primary N) is 1. The number of nitrogens with one attached hydrogen (secondary N) is 1. The summed E-state index contributed by atoms with van der Waals surface area (Å²) in [5, 5.41) is 4.09. The Hall–Kier alpha value is -1.77. The van der Waals surface area contributed by atoms with E-state index in [1.165, 1.54) is 0 Å². The molecule has 0 unspecified atom stereocenters. The third-order valence-corrected chi connectivity index (χ3v) is 2.39. The lowest BCUT2D eigenvalue weighted by Crippen LogP contribution is -1.98. The fraction of sp³-hybridized carbons (Fsp3) is 0.182. The number of anilines is 2. The molecule has 0 bridgehead atoms. The van der Waals surface area contributed by atoms with Gasteiger partial charge in [0, 0.05) is 18.6 Å². The molecule has 72 valence electrons. The molecule has 1 heterocycles. The van der Waals surface area contributed by atoms with Gasteiger partial charge < -0.3 is 11.1 Å². The van der Waals surface area contributed by atoms with E-state index in [1.54, 1.807) is 6.20 Å². The maximum absolute atomic E-state index is 6.00. The number of hydrogen-bond acceptors (Lipinski definition) is 3. The number of benzene rings is 1. The number of nitrogens with zero attached hydrogens (tertiary/aromatic N) is 1. The largest absolute Gasteiger partial charge is 0.397 e. The van der Waals surface area contributed by atoms with Gasteiger partial charge in [0.25, 0.3) is 0 Å². The lowest BCUT2D eigenvalue weighted by atomic mass is 10.1. The van der Waals surface area contributed by atoms with Gasteiger partial charge in [-0.2, -0.15) is 0 Å². The lowest BCUT2D eigenvalue weighted by Gasteiger charge is -2.10. The van der Waals surface area contributed by atoms with Crippen molar-refractivity contribution in [1.82, 2.24) is 4.98 Å². The Kier molecular flexibility index (Phi) is 2.00. The van der Waals surface area contributed by atoms with Crippen LogP contribution < -0.4 is 11.1 Å². The molecular weight excluding hydrogens is 174 g/mol. The summed E-state index contributed by atoms with van der Waals surface area (Å²) >= 11 is 0. The van der Waals surface area contributed by atoms with Crippen LogP contribution in [0.2, 0.25) is 0 Å². The van der Waals surface area contributed by atoms with Crippen molar-refractivity contribution >= 4 is 22.3 Å². The summed E-state index contributed by atoms with van der Waals surface area (Å²) in [6, 6.07) is 5.91. The van der Waals surface area contributed by atoms with Crippen molar-refractivity contribution in [3.63, 3.8) is 0 Å². The summed E-state index contributed by atoms with van der Waals surface area (Å²) in [6.07, 6.45) is 1.79. The van der Waals surface area contributed by atoms with Gasteiger partial charge >= 0.3 is 0 Å². The van der Waals surface area contributed by atoms with Gasteiger partial charge in [0.05, 0.1) is 16.9 Å². The minimum atomic E-state index is 0.765. The number of rotatable bonds is 1. The highest BCUT2D eigenvalue weighted by Crippen LogP contribution is 2.29. The molecule has 0 spiro atoms. The molecule has 0 atom stereocenters. The second kappa shape index (κ2) is 3.18. The molecule has 0 amide bonds. The Morgan fingerprint density at radius 1 is 1.43 bits per heavy atom. The molecule has 3 nitrogen and oxygen atoms in total. The zero-order valence-electron chi connectivity index (χ0n) is 8.33. The monoisotopic (exact) mass is 187 g/mol. The summed E-state index contributed by atoms with van der Waals surface area (Å²) in [4.78, 5) is 4.31. The van der Waals surface area contributed by atoms with Crippen LogP contribution in [-0.4, -0.2) is 12.0 Å². The zero-order chi connectivity index (χ0) is 10.1. The van der Waals surface area contributed by atoms with Crippen molar-refractivity contribution in [3.8, 4) is 0 Å². The molecule has 3 heteroatoms. The van der Waals surface area contributed by atoms with Crippen LogP contribution in [0.15, 0.2) is 24.4 Å². The van der Waals surface area contributed by atoms with Gasteiger partial charge in [-0.05, 0) is 30.7 Å². The molecule has 0 radical (unpaired) electrons. The summed E-state index contributed by atoms with van der Waals surface area (Å²) in [5.74, 6) is 0. The first kappa shape index (κ1) is 8.81. The highest BCUT2D eigenvalue weighted by Gasteiger charge is 2.06. The highest BCUT2D eigenvalue weighted by molar-refractivity contribution is 5.98. The van der Waals surface area contributed by atoms with Crippen molar-refractivity contribution in [2.45, 2.75) is 6.92 Å². The topological polar surface area (TPSA) is 50.9 Å². The molecule has 0 aliphatic carbocycles. The normalized spacial score (nSPS) is 10.4. The van der Waals surface area contributed by atoms with Crippen molar-refractivity contribution in [1.29, 1.82) is 0 Å². The third kappa shape index (κ3) is 1.18. The number of aryl methyl sites for hydroxylation is 1. The van der Waals surface area contributed by atoms with Crippen molar-refractivity contribution in [2.24, 2.45) is 0 Å². The fourth-order valence-electron chi connectivity index (χ4n) is 1.65. The van der Waals surface area contributed by atoms with Gasteiger partial charge in [-0.1, -0.05) is 0 Å². The van der Waals surface area contributed by atoms with Crippen LogP contribution in [0.4, 0.5) is 11.4 Å². The number of pyridine rings is 1. The van der Waals surface area contributed by atoms with Crippen molar-refractivity contribution < 1.29 is 0 Å². The first-order chi connectivity index (χ1) is 6.74. The van der Waals surface area contributed by atoms with E-state index >= 15 is 0 Å². The Morgan fingerprint density at radius 2 is 2.21 bits per heavy atom. The van der Waals surface area contributed by atoms with E-state index in [4.69, 9.17) is 5.73 Å². The average Bonchev–Trinajstić information content (AvgIpc) is 2.23. The first-order valence-electron chi connectivity index (χ1n) is 4.55. The van der Waals surface area contributed by atoms with E-state index in [1.807, 2.05) is 32.2 Å². The fourth-order valence-corrected chi connectivity index (χ4v) is 1.65. The Bertz CT molecular complexity index is 477. The van der Waals surface area contributed by atoms with Gasteiger partial charge in [0.15, 0.2) is 0 Å². The molecule has 0 aliphatic rings. The SMILES string of the molecule is CNc1cc(C)c2ncccc2c1N. The van der Waals surface area contributed by atoms with Crippen LogP contribution in [-0.2, 0) is 0 Å². The smallest absolute Gasteiger partial charge is 0.0753 e. The van der Waals surface area contributed by atoms with Crippen LogP contribution in [0.1, 0.15) is 5.56 Å². The van der Waals surface area contributed by atoms with E-state index in [2.05, 4.69) is 10.3 Å². The standard InChI is InChI=1S/C11H13N3/c1-7-6-9(13-2)10(12)8-4-3-5-14-11(7)8/h3-6,13H,12H2,1-2H3.